The average Bonchev–Trinajstić information content (AvgIpc) is 3.35. The molecule has 158 valence electrons. The molecule has 0 N–H and O–H groups in total. The fraction of sp³-hybridized carbons (Fsp3) is 0. The van der Waals surface area contributed by atoms with Gasteiger partial charge in [-0.25, -0.2) is 0 Å². The standard InChI is InChI=1S/C17H14N.C11H9NO.Ir/c1-13-7-3-5-9-15(13)17-16-10-6-4-8-14(16)11-12-18(17)2;13-11(10-7-4-8-12-10)9-5-2-1-3-6-9;/h3-12H,1-2H2;1-8H,(H,12,13);/q-1;;+3/p-1. The van der Waals surface area contributed by atoms with Crippen molar-refractivity contribution in [3.05, 3.63) is 140 Å². The van der Waals surface area contributed by atoms with Crippen molar-refractivity contribution in [2.45, 2.75) is 0 Å². The van der Waals surface area contributed by atoms with Crippen LogP contribution < -0.4 is 9.55 Å². The molecule has 0 aliphatic heterocycles. The van der Waals surface area contributed by atoms with E-state index in [4.69, 9.17) is 0 Å². The molecule has 0 saturated heterocycles. The van der Waals surface area contributed by atoms with Crippen LogP contribution in [0.25, 0.3) is 22.0 Å². The molecule has 0 amide bonds. The minimum atomic E-state index is -0.0226. The molecule has 0 fully saturated rings. The number of benzene rings is 3. The van der Waals surface area contributed by atoms with Crippen LogP contribution in [0.1, 0.15) is 21.6 Å². The monoisotopic (exact) mass is 595 g/mol. The van der Waals surface area contributed by atoms with Gasteiger partial charge in [-0.15, -0.1) is 17.7 Å². The fourth-order valence-corrected chi connectivity index (χ4v) is 3.48. The number of nitrogens with zero attached hydrogens (tertiary/aromatic N) is 2. The third-order valence-corrected chi connectivity index (χ3v) is 5.03. The molecule has 5 rings (SSSR count). The largest absolute Gasteiger partial charge is 3.00 e. The van der Waals surface area contributed by atoms with E-state index in [-0.39, 0.29) is 25.9 Å². The zero-order valence-electron chi connectivity index (χ0n) is 17.4. The number of ketones is 1. The normalized spacial score (nSPS) is 10.0. The van der Waals surface area contributed by atoms with Crippen LogP contribution in [-0.4, -0.2) is 5.78 Å². The van der Waals surface area contributed by atoms with E-state index < -0.39 is 0 Å². The summed E-state index contributed by atoms with van der Waals surface area (Å²) in [7, 11) is 4.08. The van der Waals surface area contributed by atoms with Crippen LogP contribution in [0.15, 0.2) is 109 Å². The van der Waals surface area contributed by atoms with E-state index in [2.05, 4.69) is 55.4 Å². The van der Waals surface area contributed by atoms with Crippen LogP contribution in [-0.2, 0) is 20.1 Å². The number of hydrogen-bond acceptors (Lipinski definition) is 1. The molecule has 5 aromatic rings. The number of rotatable bonds is 3. The first-order chi connectivity index (χ1) is 15.1. The van der Waals surface area contributed by atoms with Crippen molar-refractivity contribution in [2.75, 3.05) is 0 Å². The zero-order valence-corrected chi connectivity index (χ0v) is 19.8. The summed E-state index contributed by atoms with van der Waals surface area (Å²) >= 11 is 0. The number of carbonyl (C=O) groups excluding carboxylic acids is 1. The number of pyridine rings is 1. The van der Waals surface area contributed by atoms with Gasteiger partial charge in [-0.3, -0.25) is 4.79 Å². The van der Waals surface area contributed by atoms with Gasteiger partial charge in [-0.2, -0.15) is 24.8 Å². The van der Waals surface area contributed by atoms with Gasteiger partial charge in [0.15, 0.2) is 5.78 Å². The molecular formula is C28H22IrN2O+. The second-order valence-corrected chi connectivity index (χ2v) is 7.10. The van der Waals surface area contributed by atoms with E-state index in [0.717, 1.165) is 16.8 Å². The third kappa shape index (κ3) is 5.00. The van der Waals surface area contributed by atoms with E-state index >= 15 is 0 Å². The van der Waals surface area contributed by atoms with Gasteiger partial charge in [0.2, 0.25) is 0 Å². The first-order valence-corrected chi connectivity index (χ1v) is 9.98. The summed E-state index contributed by atoms with van der Waals surface area (Å²) in [6.45, 7) is 4.10. The fourth-order valence-electron chi connectivity index (χ4n) is 3.48. The molecule has 0 radical (unpaired) electrons. The number of fused-ring (bicyclic) bond motifs is 1. The molecule has 0 aliphatic rings. The molecule has 0 aliphatic carbocycles. The van der Waals surface area contributed by atoms with Gasteiger partial charge >= 0.3 is 20.1 Å². The summed E-state index contributed by atoms with van der Waals surface area (Å²) in [5.41, 5.74) is 4.45. The molecule has 2 heterocycles. The minimum Gasteiger partial charge on any atom is -0.661 e. The molecule has 32 heavy (non-hydrogen) atoms. The molecule has 0 unspecified atom stereocenters. The van der Waals surface area contributed by atoms with Crippen LogP contribution in [0.3, 0.4) is 0 Å². The van der Waals surface area contributed by atoms with Gasteiger partial charge in [-0.1, -0.05) is 78.5 Å². The molecule has 2 aromatic heterocycles. The Morgan fingerprint density at radius 2 is 1.47 bits per heavy atom. The van der Waals surface area contributed by atoms with Crippen molar-refractivity contribution >= 4 is 16.6 Å². The van der Waals surface area contributed by atoms with Crippen molar-refractivity contribution in [1.29, 1.82) is 0 Å². The molecule has 0 bridgehead atoms. The molecule has 3 aromatic carbocycles. The van der Waals surface area contributed by atoms with Crippen LogP contribution in [0.4, 0.5) is 0 Å². The topological polar surface area (TPSA) is 35.1 Å². The van der Waals surface area contributed by atoms with Crippen LogP contribution in [0.2, 0.25) is 0 Å². The zero-order chi connectivity index (χ0) is 21.6. The SMILES string of the molecule is O=C(c1ccccc1)c1ccc[n-]1.[CH2-]c1ccccc1-c1c2ccccc2cc[n+]1[CH2-].[Ir+3]. The Bertz CT molecular complexity index is 1310. The summed E-state index contributed by atoms with van der Waals surface area (Å²) in [4.78, 5) is 15.6. The Kier molecular flexibility index (Phi) is 7.67. The second kappa shape index (κ2) is 10.6. The first-order valence-electron chi connectivity index (χ1n) is 9.98. The Hall–Kier alpha value is -3.59. The summed E-state index contributed by atoms with van der Waals surface area (Å²) in [6.07, 6.45) is 3.61. The molecule has 4 heteroatoms. The quantitative estimate of drug-likeness (QED) is 0.157. The maximum atomic E-state index is 11.6. The van der Waals surface area contributed by atoms with Gasteiger partial charge in [0.25, 0.3) is 0 Å². The summed E-state index contributed by atoms with van der Waals surface area (Å²) in [5.74, 6) is -0.0226. The number of carbonyl (C=O) groups is 1. The average molecular weight is 595 g/mol. The van der Waals surface area contributed by atoms with Crippen molar-refractivity contribution in [2.24, 2.45) is 0 Å². The maximum Gasteiger partial charge on any atom is 3.00 e. The van der Waals surface area contributed by atoms with E-state index in [1.165, 1.54) is 10.8 Å². The summed E-state index contributed by atoms with van der Waals surface area (Å²) in [5, 5.41) is 2.42. The molecule has 3 nitrogen and oxygen atoms in total. The summed E-state index contributed by atoms with van der Waals surface area (Å²) < 4.78 is 1.91. The minimum absolute atomic E-state index is 0. The maximum absolute atomic E-state index is 11.6. The Morgan fingerprint density at radius 3 is 2.19 bits per heavy atom. The molecular weight excluding hydrogens is 573 g/mol. The van der Waals surface area contributed by atoms with Crippen LogP contribution >= 0.6 is 0 Å². The third-order valence-electron chi connectivity index (χ3n) is 5.03. The van der Waals surface area contributed by atoms with Crippen molar-refractivity contribution in [3.63, 3.8) is 0 Å². The van der Waals surface area contributed by atoms with Gasteiger partial charge in [0.05, 0.1) is 11.9 Å². The number of aromatic nitrogens is 2. The van der Waals surface area contributed by atoms with Crippen molar-refractivity contribution in [3.8, 4) is 11.3 Å². The molecule has 0 saturated carbocycles. The Balaban J connectivity index is 0.000000184. The second-order valence-electron chi connectivity index (χ2n) is 7.10. The Labute approximate surface area is 202 Å². The smallest absolute Gasteiger partial charge is 0.661 e. The predicted molar refractivity (Wildman–Crippen MR) is 124 cm³/mol. The van der Waals surface area contributed by atoms with E-state index in [0.29, 0.717) is 11.3 Å². The van der Waals surface area contributed by atoms with E-state index in [9.17, 15) is 4.79 Å². The van der Waals surface area contributed by atoms with Crippen LogP contribution in [0.5, 0.6) is 0 Å². The number of hydrogen-bond donors (Lipinski definition) is 0. The van der Waals surface area contributed by atoms with Gasteiger partial charge in [0.1, 0.15) is 0 Å². The molecule has 0 spiro atoms. The van der Waals surface area contributed by atoms with Gasteiger partial charge < -0.3 is 9.55 Å². The van der Waals surface area contributed by atoms with Gasteiger partial charge in [-0.05, 0) is 16.8 Å². The predicted octanol–water partition coefficient (Wildman–Crippen LogP) is 5.49. The van der Waals surface area contributed by atoms with Gasteiger partial charge in [0, 0.05) is 12.6 Å². The van der Waals surface area contributed by atoms with Crippen LogP contribution in [0, 0.1) is 14.0 Å². The molecule has 0 atom stereocenters. The van der Waals surface area contributed by atoms with E-state index in [1.54, 1.807) is 30.5 Å². The van der Waals surface area contributed by atoms with E-state index in [1.807, 2.05) is 47.2 Å². The van der Waals surface area contributed by atoms with Crippen molar-refractivity contribution < 1.29 is 29.5 Å². The van der Waals surface area contributed by atoms with Crippen molar-refractivity contribution in [1.82, 2.24) is 4.98 Å². The first kappa shape index (κ1) is 23.1. The summed E-state index contributed by atoms with van der Waals surface area (Å²) in [6, 6.07) is 31.2. The Morgan fingerprint density at radius 1 is 0.781 bits per heavy atom.